The van der Waals surface area contributed by atoms with Crippen LogP contribution in [0, 0.1) is 0 Å². The molecule has 0 radical (unpaired) electrons. The molecule has 4 nitrogen and oxygen atoms in total. The van der Waals surface area contributed by atoms with E-state index in [4.69, 9.17) is 0 Å². The molecule has 0 fully saturated rings. The van der Waals surface area contributed by atoms with Gasteiger partial charge >= 0.3 is 0 Å². The summed E-state index contributed by atoms with van der Waals surface area (Å²) >= 11 is 0. The second-order valence-corrected chi connectivity index (χ2v) is 4.77. The number of nitrogens with one attached hydrogen (secondary N) is 1. The molecule has 0 bridgehead atoms. The lowest BCUT2D eigenvalue weighted by atomic mass is 10.1. The first-order valence-corrected chi connectivity index (χ1v) is 6.27. The summed E-state index contributed by atoms with van der Waals surface area (Å²) in [6.07, 6.45) is 2.35. The topological polar surface area (TPSA) is 53.2 Å². The number of hydrogen-bond donors (Lipinski definition) is 1. The molecule has 1 unspecified atom stereocenters. The van der Waals surface area contributed by atoms with Crippen molar-refractivity contribution in [3.8, 4) is 0 Å². The molecule has 96 valence electrons. The summed E-state index contributed by atoms with van der Waals surface area (Å²) in [6.45, 7) is 2.00. The lowest BCUT2D eigenvalue weighted by Gasteiger charge is -2.22. The molecule has 1 atom stereocenters. The summed E-state index contributed by atoms with van der Waals surface area (Å²) in [7, 11) is 0. The Morgan fingerprint density at radius 1 is 1.26 bits per heavy atom. The molecule has 19 heavy (non-hydrogen) atoms. The van der Waals surface area contributed by atoms with Gasteiger partial charge in [-0.2, -0.15) is 0 Å². The third-order valence-electron chi connectivity index (χ3n) is 3.47. The van der Waals surface area contributed by atoms with E-state index in [0.29, 0.717) is 0 Å². The standard InChI is InChI=1S/C15H14N2O2/c1-10-9-11-5-2-3-7-13(11)17(10)15(19)12-6-4-8-16-14(12)18/h2-8,10H,9H2,1H3,(H,16,18). The number of para-hydroxylation sites is 1. The molecule has 0 saturated heterocycles. The monoisotopic (exact) mass is 254 g/mol. The number of anilines is 1. The highest BCUT2D eigenvalue weighted by atomic mass is 16.2. The molecular formula is C15H14N2O2. The van der Waals surface area contributed by atoms with Crippen molar-refractivity contribution in [2.24, 2.45) is 0 Å². The normalized spacial score (nSPS) is 17.3. The Bertz CT molecular complexity index is 690. The van der Waals surface area contributed by atoms with Gasteiger partial charge in [-0.15, -0.1) is 0 Å². The van der Waals surface area contributed by atoms with E-state index in [0.717, 1.165) is 17.7 Å². The molecular weight excluding hydrogens is 240 g/mol. The van der Waals surface area contributed by atoms with Crippen molar-refractivity contribution in [2.75, 3.05) is 4.90 Å². The predicted octanol–water partition coefficient (Wildman–Crippen LogP) is 1.97. The van der Waals surface area contributed by atoms with Gasteiger partial charge in [-0.05, 0) is 37.1 Å². The first-order valence-electron chi connectivity index (χ1n) is 6.27. The van der Waals surface area contributed by atoms with Crippen LogP contribution in [0.1, 0.15) is 22.8 Å². The Balaban J connectivity index is 2.06. The quantitative estimate of drug-likeness (QED) is 0.845. The molecule has 0 aliphatic carbocycles. The lowest BCUT2D eigenvalue weighted by Crippen LogP contribution is -2.38. The number of rotatable bonds is 1. The number of H-pyrrole nitrogens is 1. The van der Waals surface area contributed by atoms with Crippen molar-refractivity contribution in [1.82, 2.24) is 4.98 Å². The zero-order chi connectivity index (χ0) is 13.4. The lowest BCUT2D eigenvalue weighted by molar-refractivity contribution is 0.0980. The summed E-state index contributed by atoms with van der Waals surface area (Å²) < 4.78 is 0. The highest BCUT2D eigenvalue weighted by Gasteiger charge is 2.32. The van der Waals surface area contributed by atoms with E-state index in [1.54, 1.807) is 17.0 Å². The molecule has 1 aliphatic rings. The van der Waals surface area contributed by atoms with Crippen LogP contribution in [0.2, 0.25) is 0 Å². The first-order chi connectivity index (χ1) is 9.18. The van der Waals surface area contributed by atoms with Crippen LogP contribution in [0.4, 0.5) is 5.69 Å². The van der Waals surface area contributed by atoms with Crippen LogP contribution in [0.5, 0.6) is 0 Å². The summed E-state index contributed by atoms with van der Waals surface area (Å²) in [6, 6.07) is 11.1. The number of benzene rings is 1. The van der Waals surface area contributed by atoms with Crippen LogP contribution in [0.25, 0.3) is 0 Å². The van der Waals surface area contributed by atoms with Crippen molar-refractivity contribution >= 4 is 11.6 Å². The summed E-state index contributed by atoms with van der Waals surface area (Å²) in [4.78, 5) is 28.5. The van der Waals surface area contributed by atoms with Crippen LogP contribution in [0.3, 0.4) is 0 Å². The van der Waals surface area contributed by atoms with Gasteiger partial charge in [0, 0.05) is 17.9 Å². The Morgan fingerprint density at radius 3 is 2.84 bits per heavy atom. The van der Waals surface area contributed by atoms with Crippen molar-refractivity contribution in [1.29, 1.82) is 0 Å². The highest BCUT2D eigenvalue weighted by Crippen LogP contribution is 2.32. The minimum Gasteiger partial charge on any atom is -0.328 e. The minimum atomic E-state index is -0.343. The number of aromatic nitrogens is 1. The molecule has 0 spiro atoms. The smallest absolute Gasteiger partial charge is 0.264 e. The van der Waals surface area contributed by atoms with Crippen molar-refractivity contribution in [3.63, 3.8) is 0 Å². The van der Waals surface area contributed by atoms with Gasteiger partial charge in [0.05, 0.1) is 0 Å². The number of carbonyl (C=O) groups excluding carboxylic acids is 1. The van der Waals surface area contributed by atoms with E-state index in [-0.39, 0.29) is 23.1 Å². The highest BCUT2D eigenvalue weighted by molar-refractivity contribution is 6.07. The zero-order valence-electron chi connectivity index (χ0n) is 10.6. The number of amides is 1. The van der Waals surface area contributed by atoms with Crippen LogP contribution in [0.15, 0.2) is 47.4 Å². The summed E-state index contributed by atoms with van der Waals surface area (Å²) in [5.74, 6) is -0.237. The van der Waals surface area contributed by atoms with Crippen molar-refractivity contribution < 1.29 is 4.79 Å². The van der Waals surface area contributed by atoms with E-state index >= 15 is 0 Å². The molecule has 1 aliphatic heterocycles. The maximum absolute atomic E-state index is 12.5. The molecule has 1 aromatic carbocycles. The van der Waals surface area contributed by atoms with Gasteiger partial charge in [0.1, 0.15) is 5.56 Å². The minimum absolute atomic E-state index is 0.0736. The Kier molecular flexibility index (Phi) is 2.71. The SMILES string of the molecule is CC1Cc2ccccc2N1C(=O)c1ccc[nH]c1=O. The van der Waals surface area contributed by atoms with Gasteiger partial charge in [0.2, 0.25) is 0 Å². The second kappa shape index (κ2) is 4.39. The number of aromatic amines is 1. The zero-order valence-corrected chi connectivity index (χ0v) is 10.6. The number of fused-ring (bicyclic) bond motifs is 1. The molecule has 2 heterocycles. The van der Waals surface area contributed by atoms with Crippen LogP contribution >= 0.6 is 0 Å². The molecule has 3 rings (SSSR count). The second-order valence-electron chi connectivity index (χ2n) is 4.77. The van der Waals surface area contributed by atoms with Crippen LogP contribution < -0.4 is 10.5 Å². The van der Waals surface area contributed by atoms with E-state index in [9.17, 15) is 9.59 Å². The first kappa shape index (κ1) is 11.7. The van der Waals surface area contributed by atoms with Gasteiger partial charge in [-0.1, -0.05) is 18.2 Å². The fourth-order valence-corrected chi connectivity index (χ4v) is 2.59. The van der Waals surface area contributed by atoms with Crippen LogP contribution in [-0.2, 0) is 6.42 Å². The van der Waals surface area contributed by atoms with Crippen LogP contribution in [-0.4, -0.2) is 16.9 Å². The Hall–Kier alpha value is -2.36. The Morgan fingerprint density at radius 2 is 2.05 bits per heavy atom. The predicted molar refractivity (Wildman–Crippen MR) is 73.5 cm³/mol. The maximum atomic E-state index is 12.5. The van der Waals surface area contributed by atoms with Gasteiger partial charge in [-0.3, -0.25) is 9.59 Å². The summed E-state index contributed by atoms with van der Waals surface area (Å²) in [5, 5.41) is 0. The van der Waals surface area contributed by atoms with Crippen molar-refractivity contribution in [2.45, 2.75) is 19.4 Å². The molecule has 0 saturated carbocycles. The number of pyridine rings is 1. The fraction of sp³-hybridized carbons (Fsp3) is 0.200. The molecule has 2 aromatic rings. The van der Waals surface area contributed by atoms with Gasteiger partial charge in [0.25, 0.3) is 11.5 Å². The fourth-order valence-electron chi connectivity index (χ4n) is 2.59. The molecule has 1 N–H and O–H groups in total. The Labute approximate surface area is 110 Å². The number of nitrogens with zero attached hydrogens (tertiary/aromatic N) is 1. The van der Waals surface area contributed by atoms with E-state index < -0.39 is 0 Å². The van der Waals surface area contributed by atoms with Gasteiger partial charge in [0.15, 0.2) is 0 Å². The van der Waals surface area contributed by atoms with E-state index in [1.165, 1.54) is 6.20 Å². The third-order valence-corrected chi connectivity index (χ3v) is 3.47. The van der Waals surface area contributed by atoms with Crippen molar-refractivity contribution in [3.05, 3.63) is 64.1 Å². The van der Waals surface area contributed by atoms with Gasteiger partial charge in [-0.25, -0.2) is 0 Å². The average Bonchev–Trinajstić information content (AvgIpc) is 2.74. The molecule has 1 amide bonds. The van der Waals surface area contributed by atoms with Gasteiger partial charge < -0.3 is 9.88 Å². The number of hydrogen-bond acceptors (Lipinski definition) is 2. The molecule has 1 aromatic heterocycles. The number of carbonyl (C=O) groups is 1. The molecule has 4 heteroatoms. The maximum Gasteiger partial charge on any atom is 0.264 e. The van der Waals surface area contributed by atoms with E-state index in [2.05, 4.69) is 4.98 Å². The largest absolute Gasteiger partial charge is 0.328 e. The summed E-state index contributed by atoms with van der Waals surface area (Å²) in [5.41, 5.74) is 1.90. The third kappa shape index (κ3) is 1.85. The van der Waals surface area contributed by atoms with E-state index in [1.807, 2.05) is 31.2 Å². The average molecular weight is 254 g/mol.